The molecule has 0 radical (unpaired) electrons. The summed E-state index contributed by atoms with van der Waals surface area (Å²) in [5.74, 6) is 0.283. The molecule has 1 atom stereocenters. The summed E-state index contributed by atoms with van der Waals surface area (Å²) in [5.41, 5.74) is 6.37. The van der Waals surface area contributed by atoms with E-state index in [2.05, 4.69) is 20.9 Å². The molecule has 0 bridgehead atoms. The minimum Gasteiger partial charge on any atom is -0.483 e. The molecule has 2 rings (SSSR count). The lowest BCUT2D eigenvalue weighted by atomic mass is 10.1. The van der Waals surface area contributed by atoms with Crippen molar-refractivity contribution in [3.63, 3.8) is 0 Å². The van der Waals surface area contributed by atoms with Crippen molar-refractivity contribution in [1.29, 1.82) is 0 Å². The highest BCUT2D eigenvalue weighted by Gasteiger charge is 2.12. The van der Waals surface area contributed by atoms with Crippen molar-refractivity contribution in [3.8, 4) is 5.75 Å². The summed E-state index contributed by atoms with van der Waals surface area (Å²) < 4.78 is 19.7. The number of nitrogens with zero attached hydrogens (tertiary/aromatic N) is 1. The maximum atomic E-state index is 13.2. The van der Waals surface area contributed by atoms with Gasteiger partial charge in [-0.1, -0.05) is 12.1 Å². The van der Waals surface area contributed by atoms with E-state index in [0.29, 0.717) is 11.3 Å². The van der Waals surface area contributed by atoms with Crippen LogP contribution in [0.2, 0.25) is 0 Å². The van der Waals surface area contributed by atoms with Crippen LogP contribution >= 0.6 is 15.9 Å². The van der Waals surface area contributed by atoms with Gasteiger partial charge in [-0.05, 0) is 39.7 Å². The zero-order valence-corrected chi connectivity index (χ0v) is 11.1. The van der Waals surface area contributed by atoms with Crippen molar-refractivity contribution in [2.24, 2.45) is 5.73 Å². The number of aromatic nitrogens is 1. The SMILES string of the molecule is NCC(Oc1cncc(Br)c1)c1cccc(F)c1. The second-order valence-electron chi connectivity index (χ2n) is 3.74. The van der Waals surface area contributed by atoms with Crippen LogP contribution in [0, 0.1) is 5.82 Å². The zero-order chi connectivity index (χ0) is 13.0. The van der Waals surface area contributed by atoms with Crippen LogP contribution in [0.25, 0.3) is 0 Å². The standard InChI is InChI=1S/C13H12BrFN2O/c14-10-5-12(8-17-7-10)18-13(6-16)9-2-1-3-11(15)4-9/h1-5,7-8,13H,6,16H2. The van der Waals surface area contributed by atoms with Crippen LogP contribution < -0.4 is 10.5 Å². The Labute approximate surface area is 113 Å². The van der Waals surface area contributed by atoms with Crippen molar-refractivity contribution in [2.45, 2.75) is 6.10 Å². The van der Waals surface area contributed by atoms with E-state index in [4.69, 9.17) is 10.5 Å². The van der Waals surface area contributed by atoms with Gasteiger partial charge in [0.05, 0.1) is 6.20 Å². The van der Waals surface area contributed by atoms with Gasteiger partial charge in [0.1, 0.15) is 17.7 Å². The number of rotatable bonds is 4. The number of hydrogen-bond acceptors (Lipinski definition) is 3. The maximum absolute atomic E-state index is 13.2. The molecule has 0 saturated carbocycles. The largest absolute Gasteiger partial charge is 0.483 e. The number of halogens is 2. The van der Waals surface area contributed by atoms with Crippen molar-refractivity contribution in [2.75, 3.05) is 6.54 Å². The highest BCUT2D eigenvalue weighted by molar-refractivity contribution is 9.10. The fourth-order valence-electron chi connectivity index (χ4n) is 1.58. The Balaban J connectivity index is 2.19. The third-order valence-corrected chi connectivity index (χ3v) is 2.83. The molecule has 1 unspecified atom stereocenters. The fourth-order valence-corrected chi connectivity index (χ4v) is 1.92. The fraction of sp³-hybridized carbons (Fsp3) is 0.154. The summed E-state index contributed by atoms with van der Waals surface area (Å²) in [6, 6.07) is 8.01. The summed E-state index contributed by atoms with van der Waals surface area (Å²) in [6.45, 7) is 0.260. The van der Waals surface area contributed by atoms with Crippen LogP contribution in [0.15, 0.2) is 47.2 Å². The minimum absolute atomic E-state index is 0.260. The monoisotopic (exact) mass is 310 g/mol. The van der Waals surface area contributed by atoms with Crippen LogP contribution in [-0.4, -0.2) is 11.5 Å². The van der Waals surface area contributed by atoms with Gasteiger partial charge in [-0.2, -0.15) is 0 Å². The number of nitrogens with two attached hydrogens (primary N) is 1. The summed E-state index contributed by atoms with van der Waals surface area (Å²) in [4.78, 5) is 4.00. The summed E-state index contributed by atoms with van der Waals surface area (Å²) in [5, 5.41) is 0. The highest BCUT2D eigenvalue weighted by Crippen LogP contribution is 2.23. The van der Waals surface area contributed by atoms with Crippen molar-refractivity contribution in [3.05, 3.63) is 58.6 Å². The van der Waals surface area contributed by atoms with Crippen LogP contribution in [0.4, 0.5) is 4.39 Å². The van der Waals surface area contributed by atoms with Crippen molar-refractivity contribution in [1.82, 2.24) is 4.98 Å². The Bertz CT molecular complexity index is 536. The molecule has 0 saturated heterocycles. The number of pyridine rings is 1. The van der Waals surface area contributed by atoms with E-state index in [1.54, 1.807) is 30.6 Å². The third kappa shape index (κ3) is 3.27. The number of hydrogen-bond donors (Lipinski definition) is 1. The normalized spacial score (nSPS) is 12.2. The average Bonchev–Trinajstić information content (AvgIpc) is 2.36. The molecule has 1 heterocycles. The Morgan fingerprint density at radius 2 is 2.17 bits per heavy atom. The molecule has 0 aliphatic rings. The van der Waals surface area contributed by atoms with Gasteiger partial charge in [-0.15, -0.1) is 0 Å². The average molecular weight is 311 g/mol. The first-order valence-electron chi connectivity index (χ1n) is 5.42. The van der Waals surface area contributed by atoms with Gasteiger partial charge in [0, 0.05) is 17.2 Å². The Morgan fingerprint density at radius 3 is 2.83 bits per heavy atom. The lowest BCUT2D eigenvalue weighted by molar-refractivity contribution is 0.213. The summed E-state index contributed by atoms with van der Waals surface area (Å²) in [7, 11) is 0. The second kappa shape index (κ2) is 5.93. The minimum atomic E-state index is -0.392. The topological polar surface area (TPSA) is 48.1 Å². The third-order valence-electron chi connectivity index (χ3n) is 2.39. The van der Waals surface area contributed by atoms with E-state index in [9.17, 15) is 4.39 Å². The predicted octanol–water partition coefficient (Wildman–Crippen LogP) is 3.06. The Kier molecular flexibility index (Phi) is 4.28. The lowest BCUT2D eigenvalue weighted by Crippen LogP contribution is -2.18. The van der Waals surface area contributed by atoms with Gasteiger partial charge < -0.3 is 10.5 Å². The van der Waals surface area contributed by atoms with E-state index in [1.165, 1.54) is 12.1 Å². The van der Waals surface area contributed by atoms with Gasteiger partial charge >= 0.3 is 0 Å². The van der Waals surface area contributed by atoms with Gasteiger partial charge in [-0.25, -0.2) is 4.39 Å². The highest BCUT2D eigenvalue weighted by atomic mass is 79.9. The van der Waals surface area contributed by atoms with Gasteiger partial charge in [-0.3, -0.25) is 4.98 Å². The summed E-state index contributed by atoms with van der Waals surface area (Å²) in [6.07, 6.45) is 2.86. The predicted molar refractivity (Wildman–Crippen MR) is 70.8 cm³/mol. The molecule has 2 aromatic rings. The molecule has 0 aliphatic carbocycles. The zero-order valence-electron chi connectivity index (χ0n) is 9.51. The summed E-state index contributed by atoms with van der Waals surface area (Å²) >= 11 is 3.31. The van der Waals surface area contributed by atoms with Gasteiger partial charge in [0.2, 0.25) is 0 Å². The van der Waals surface area contributed by atoms with E-state index in [-0.39, 0.29) is 12.4 Å². The van der Waals surface area contributed by atoms with Crippen LogP contribution in [0.5, 0.6) is 5.75 Å². The molecule has 0 amide bonds. The number of ether oxygens (including phenoxy) is 1. The Morgan fingerprint density at radius 1 is 1.33 bits per heavy atom. The van der Waals surface area contributed by atoms with Crippen LogP contribution in [0.1, 0.15) is 11.7 Å². The van der Waals surface area contributed by atoms with E-state index >= 15 is 0 Å². The number of benzene rings is 1. The van der Waals surface area contributed by atoms with Gasteiger partial charge in [0.25, 0.3) is 0 Å². The molecule has 1 aromatic carbocycles. The molecule has 0 spiro atoms. The molecular weight excluding hydrogens is 299 g/mol. The lowest BCUT2D eigenvalue weighted by Gasteiger charge is -2.17. The molecule has 3 nitrogen and oxygen atoms in total. The molecule has 0 fully saturated rings. The molecule has 0 aliphatic heterocycles. The molecule has 18 heavy (non-hydrogen) atoms. The smallest absolute Gasteiger partial charge is 0.139 e. The van der Waals surface area contributed by atoms with E-state index in [0.717, 1.165) is 4.47 Å². The first kappa shape index (κ1) is 13.0. The molecule has 2 N–H and O–H groups in total. The van der Waals surface area contributed by atoms with Gasteiger partial charge in [0.15, 0.2) is 0 Å². The Hall–Kier alpha value is -1.46. The second-order valence-corrected chi connectivity index (χ2v) is 4.65. The van der Waals surface area contributed by atoms with E-state index < -0.39 is 6.10 Å². The molecule has 5 heteroatoms. The molecule has 1 aromatic heterocycles. The van der Waals surface area contributed by atoms with Crippen molar-refractivity contribution >= 4 is 15.9 Å². The molecule has 94 valence electrons. The van der Waals surface area contributed by atoms with E-state index in [1.807, 2.05) is 0 Å². The first-order valence-corrected chi connectivity index (χ1v) is 6.21. The quantitative estimate of drug-likeness (QED) is 0.944. The molecular formula is C13H12BrFN2O. The van der Waals surface area contributed by atoms with Crippen LogP contribution in [-0.2, 0) is 0 Å². The maximum Gasteiger partial charge on any atom is 0.139 e. The van der Waals surface area contributed by atoms with Crippen molar-refractivity contribution < 1.29 is 9.13 Å². The van der Waals surface area contributed by atoms with Crippen LogP contribution in [0.3, 0.4) is 0 Å². The first-order chi connectivity index (χ1) is 8.69.